The second-order valence-corrected chi connectivity index (χ2v) is 5.96. The lowest BCUT2D eigenvalue weighted by Gasteiger charge is -2.12. The monoisotopic (exact) mass is 304 g/mol. The highest BCUT2D eigenvalue weighted by molar-refractivity contribution is 6.00. The molecule has 0 radical (unpaired) electrons. The van der Waals surface area contributed by atoms with Crippen molar-refractivity contribution in [3.05, 3.63) is 23.8 Å². The Labute approximate surface area is 131 Å². The van der Waals surface area contributed by atoms with E-state index in [1.54, 1.807) is 7.11 Å². The minimum atomic E-state index is -0.241. The molecule has 0 bridgehead atoms. The highest BCUT2D eigenvalue weighted by Crippen LogP contribution is 2.40. The fourth-order valence-corrected chi connectivity index (χ4v) is 2.37. The predicted molar refractivity (Wildman–Crippen MR) is 85.9 cm³/mol. The summed E-state index contributed by atoms with van der Waals surface area (Å²) in [4.78, 5) is 24.3. The molecule has 1 saturated carbocycles. The van der Waals surface area contributed by atoms with Crippen LogP contribution in [-0.4, -0.2) is 25.0 Å². The van der Waals surface area contributed by atoms with E-state index in [9.17, 15) is 9.59 Å². The van der Waals surface area contributed by atoms with Crippen LogP contribution in [0.3, 0.4) is 0 Å². The van der Waals surface area contributed by atoms with E-state index in [1.807, 2.05) is 39.0 Å². The Morgan fingerprint density at radius 1 is 1.32 bits per heavy atom. The summed E-state index contributed by atoms with van der Waals surface area (Å²) in [5.74, 6) is 0.0400. The van der Waals surface area contributed by atoms with Crippen LogP contribution >= 0.6 is 0 Å². The maximum atomic E-state index is 12.3. The van der Waals surface area contributed by atoms with Crippen LogP contribution in [0.1, 0.15) is 32.3 Å². The largest absolute Gasteiger partial charge is 0.495 e. The Balaban J connectivity index is 1.95. The van der Waals surface area contributed by atoms with Crippen LogP contribution in [0, 0.1) is 18.8 Å². The van der Waals surface area contributed by atoms with E-state index in [4.69, 9.17) is 4.74 Å². The van der Waals surface area contributed by atoms with Crippen LogP contribution < -0.4 is 15.4 Å². The average Bonchev–Trinajstić information content (AvgIpc) is 3.28. The molecule has 1 fully saturated rings. The standard InChI is InChI=1S/C17H24N2O3/c1-5-11(3)18-16(20)12-9-13(12)17(21)19-14-8-10(2)6-7-15(14)22-4/h6-8,11-13H,5,9H2,1-4H3,(H,18,20)(H,19,21). The molecule has 5 nitrogen and oxygen atoms in total. The lowest BCUT2D eigenvalue weighted by atomic mass is 10.2. The molecule has 2 amide bonds. The third-order valence-electron chi connectivity index (χ3n) is 4.08. The van der Waals surface area contributed by atoms with Gasteiger partial charge in [0.05, 0.1) is 24.6 Å². The summed E-state index contributed by atoms with van der Waals surface area (Å²) in [6, 6.07) is 5.76. The SMILES string of the molecule is CCC(C)NC(=O)C1CC1C(=O)Nc1cc(C)ccc1OC. The number of carbonyl (C=O) groups excluding carboxylic acids is 2. The zero-order chi connectivity index (χ0) is 16.3. The lowest BCUT2D eigenvalue weighted by Crippen LogP contribution is -2.34. The third-order valence-corrected chi connectivity index (χ3v) is 4.08. The van der Waals surface area contributed by atoms with Gasteiger partial charge in [0.15, 0.2) is 0 Å². The molecule has 0 heterocycles. The molecular formula is C17H24N2O3. The minimum absolute atomic E-state index is 0.0225. The third kappa shape index (κ3) is 3.78. The summed E-state index contributed by atoms with van der Waals surface area (Å²) in [5.41, 5.74) is 1.69. The number of methoxy groups -OCH3 is 1. The van der Waals surface area contributed by atoms with Crippen molar-refractivity contribution in [1.82, 2.24) is 5.32 Å². The van der Waals surface area contributed by atoms with Gasteiger partial charge < -0.3 is 15.4 Å². The number of hydrogen-bond donors (Lipinski definition) is 2. The Bertz CT molecular complexity index is 571. The number of rotatable bonds is 6. The second-order valence-electron chi connectivity index (χ2n) is 5.96. The van der Waals surface area contributed by atoms with Gasteiger partial charge in [0.25, 0.3) is 0 Å². The Kier molecular flexibility index (Phi) is 5.06. The van der Waals surface area contributed by atoms with Crippen LogP contribution in [0.5, 0.6) is 5.75 Å². The molecule has 2 N–H and O–H groups in total. The van der Waals surface area contributed by atoms with Gasteiger partial charge in [-0.2, -0.15) is 0 Å². The van der Waals surface area contributed by atoms with E-state index in [1.165, 1.54) is 0 Å². The molecule has 0 spiro atoms. The van der Waals surface area contributed by atoms with Gasteiger partial charge in [-0.25, -0.2) is 0 Å². The number of benzene rings is 1. The van der Waals surface area contributed by atoms with Gasteiger partial charge in [0.2, 0.25) is 11.8 Å². The van der Waals surface area contributed by atoms with E-state index in [0.717, 1.165) is 12.0 Å². The summed E-state index contributed by atoms with van der Waals surface area (Å²) in [5, 5.41) is 5.80. The first-order valence-electron chi connectivity index (χ1n) is 7.72. The van der Waals surface area contributed by atoms with Crippen molar-refractivity contribution >= 4 is 17.5 Å². The van der Waals surface area contributed by atoms with Gasteiger partial charge in [-0.05, 0) is 44.4 Å². The van der Waals surface area contributed by atoms with Gasteiger partial charge in [-0.15, -0.1) is 0 Å². The molecule has 22 heavy (non-hydrogen) atoms. The van der Waals surface area contributed by atoms with Crippen molar-refractivity contribution in [3.63, 3.8) is 0 Å². The van der Waals surface area contributed by atoms with Crippen molar-refractivity contribution in [3.8, 4) is 5.75 Å². The van der Waals surface area contributed by atoms with Gasteiger partial charge in [-0.1, -0.05) is 13.0 Å². The molecule has 0 aliphatic heterocycles. The highest BCUT2D eigenvalue weighted by Gasteiger charge is 2.48. The normalized spacial score (nSPS) is 20.9. The van der Waals surface area contributed by atoms with E-state index in [2.05, 4.69) is 10.6 Å². The van der Waals surface area contributed by atoms with Crippen LogP contribution in [0.15, 0.2) is 18.2 Å². The Morgan fingerprint density at radius 3 is 2.64 bits per heavy atom. The second kappa shape index (κ2) is 6.81. The van der Waals surface area contributed by atoms with Crippen LogP contribution in [0.4, 0.5) is 5.69 Å². The molecule has 5 heteroatoms. The quantitative estimate of drug-likeness (QED) is 0.848. The topological polar surface area (TPSA) is 67.4 Å². The molecule has 1 aliphatic carbocycles. The van der Waals surface area contributed by atoms with Crippen molar-refractivity contribution in [2.45, 2.75) is 39.7 Å². The number of anilines is 1. The molecule has 120 valence electrons. The van der Waals surface area contributed by atoms with E-state index >= 15 is 0 Å². The number of aryl methyl sites for hydroxylation is 1. The number of carbonyl (C=O) groups is 2. The zero-order valence-corrected chi connectivity index (χ0v) is 13.6. The van der Waals surface area contributed by atoms with Gasteiger partial charge >= 0.3 is 0 Å². The molecule has 1 aromatic carbocycles. The van der Waals surface area contributed by atoms with Crippen molar-refractivity contribution in [1.29, 1.82) is 0 Å². The molecule has 3 unspecified atom stereocenters. The number of hydrogen-bond acceptors (Lipinski definition) is 3. The molecule has 1 aromatic rings. The predicted octanol–water partition coefficient (Wildman–Crippen LogP) is 2.49. The van der Waals surface area contributed by atoms with Crippen molar-refractivity contribution in [2.75, 3.05) is 12.4 Å². The summed E-state index contributed by atoms with van der Waals surface area (Å²) in [7, 11) is 1.57. The maximum Gasteiger partial charge on any atom is 0.228 e. The zero-order valence-electron chi connectivity index (χ0n) is 13.6. The summed E-state index contributed by atoms with van der Waals surface area (Å²) < 4.78 is 5.25. The van der Waals surface area contributed by atoms with Crippen LogP contribution in [0.25, 0.3) is 0 Å². The molecule has 3 atom stereocenters. The number of amides is 2. The van der Waals surface area contributed by atoms with Crippen molar-refractivity contribution in [2.24, 2.45) is 11.8 Å². The maximum absolute atomic E-state index is 12.3. The lowest BCUT2D eigenvalue weighted by molar-refractivity contribution is -0.125. The van der Waals surface area contributed by atoms with Crippen LogP contribution in [-0.2, 0) is 9.59 Å². The first-order valence-corrected chi connectivity index (χ1v) is 7.72. The highest BCUT2D eigenvalue weighted by atomic mass is 16.5. The van der Waals surface area contributed by atoms with Gasteiger partial charge in [0, 0.05) is 6.04 Å². The molecule has 0 saturated heterocycles. The number of nitrogens with one attached hydrogen (secondary N) is 2. The van der Waals surface area contributed by atoms with E-state index in [0.29, 0.717) is 17.9 Å². The Hall–Kier alpha value is -2.04. The summed E-state index contributed by atoms with van der Waals surface area (Å²) >= 11 is 0. The minimum Gasteiger partial charge on any atom is -0.495 e. The van der Waals surface area contributed by atoms with Crippen molar-refractivity contribution < 1.29 is 14.3 Å². The first kappa shape index (κ1) is 16.3. The van der Waals surface area contributed by atoms with E-state index in [-0.39, 0.29) is 29.7 Å². The fraction of sp³-hybridized carbons (Fsp3) is 0.529. The molecular weight excluding hydrogens is 280 g/mol. The smallest absolute Gasteiger partial charge is 0.228 e. The Morgan fingerprint density at radius 2 is 2.00 bits per heavy atom. The van der Waals surface area contributed by atoms with Gasteiger partial charge in [0.1, 0.15) is 5.75 Å². The molecule has 2 rings (SSSR count). The summed E-state index contributed by atoms with van der Waals surface area (Å²) in [6.45, 7) is 5.94. The number of ether oxygens (including phenoxy) is 1. The average molecular weight is 304 g/mol. The van der Waals surface area contributed by atoms with Crippen LogP contribution in [0.2, 0.25) is 0 Å². The first-order chi connectivity index (χ1) is 10.5. The molecule has 1 aliphatic rings. The van der Waals surface area contributed by atoms with Gasteiger partial charge in [-0.3, -0.25) is 9.59 Å². The molecule has 0 aromatic heterocycles. The summed E-state index contributed by atoms with van der Waals surface area (Å²) in [6.07, 6.45) is 1.50. The fourth-order valence-electron chi connectivity index (χ4n) is 2.37. The van der Waals surface area contributed by atoms with E-state index < -0.39 is 0 Å².